The summed E-state index contributed by atoms with van der Waals surface area (Å²) in [5.74, 6) is 0.397. The number of benzene rings is 1. The predicted molar refractivity (Wildman–Crippen MR) is 87.3 cm³/mol. The minimum atomic E-state index is -2.04. The Morgan fingerprint density at radius 2 is 2.09 bits per heavy atom. The third-order valence-corrected chi connectivity index (χ3v) is 9.21. The van der Waals surface area contributed by atoms with Crippen LogP contribution in [-0.2, 0) is 15.6 Å². The zero-order valence-corrected chi connectivity index (χ0v) is 15.0. The first-order valence-electron chi connectivity index (χ1n) is 7.72. The molecular weight excluding hydrogens is 299 g/mol. The smallest absolute Gasteiger partial charge is 0.193 e. The third kappa shape index (κ3) is 3.58. The molecule has 0 fully saturated rings. The van der Waals surface area contributed by atoms with Crippen molar-refractivity contribution in [3.8, 4) is 5.75 Å². The predicted octanol–water partition coefficient (Wildman–Crippen LogP) is 4.11. The summed E-state index contributed by atoms with van der Waals surface area (Å²) in [4.78, 5) is 11.5. The number of fused-ring (bicyclic) bond motifs is 1. The van der Waals surface area contributed by atoms with Crippen LogP contribution in [0, 0.1) is 5.82 Å². The van der Waals surface area contributed by atoms with Gasteiger partial charge in [-0.15, -0.1) is 0 Å². The van der Waals surface area contributed by atoms with Crippen molar-refractivity contribution in [2.45, 2.75) is 64.0 Å². The molecule has 0 bridgehead atoms. The maximum absolute atomic E-state index is 13.2. The maximum atomic E-state index is 13.2. The fourth-order valence-corrected chi connectivity index (χ4v) is 3.56. The molecule has 22 heavy (non-hydrogen) atoms. The Morgan fingerprint density at radius 1 is 1.41 bits per heavy atom. The molecule has 0 aliphatic carbocycles. The lowest BCUT2D eigenvalue weighted by Gasteiger charge is -2.40. The van der Waals surface area contributed by atoms with Crippen LogP contribution in [0.5, 0.6) is 5.75 Å². The van der Waals surface area contributed by atoms with E-state index in [1.54, 1.807) is 6.07 Å². The Balaban J connectivity index is 2.13. The summed E-state index contributed by atoms with van der Waals surface area (Å²) in [7, 11) is -2.04. The fourth-order valence-electron chi connectivity index (χ4n) is 2.32. The van der Waals surface area contributed by atoms with E-state index in [1.165, 1.54) is 12.1 Å². The number of hydrogen-bond donors (Lipinski definition) is 0. The second-order valence-corrected chi connectivity index (χ2v) is 12.2. The highest BCUT2D eigenvalue weighted by molar-refractivity contribution is 6.74. The average molecular weight is 324 g/mol. The molecule has 1 aromatic carbocycles. The van der Waals surface area contributed by atoms with E-state index in [2.05, 4.69) is 33.9 Å². The summed E-state index contributed by atoms with van der Waals surface area (Å²) in [5.41, 5.74) is 0.855. The summed E-state index contributed by atoms with van der Waals surface area (Å²) in [6, 6.07) is 4.51. The highest BCUT2D eigenvalue weighted by Crippen LogP contribution is 2.38. The minimum Gasteiger partial charge on any atom is -0.487 e. The van der Waals surface area contributed by atoms with E-state index in [1.807, 2.05) is 0 Å². The van der Waals surface area contributed by atoms with Crippen LogP contribution in [0.4, 0.5) is 4.39 Å². The van der Waals surface area contributed by atoms with Gasteiger partial charge in [0.1, 0.15) is 23.8 Å². The topological polar surface area (TPSA) is 35.5 Å². The van der Waals surface area contributed by atoms with Gasteiger partial charge >= 0.3 is 0 Å². The Kier molecular flexibility index (Phi) is 4.78. The fraction of sp³-hybridized carbons (Fsp3) is 0.588. The minimum absolute atomic E-state index is 0.0317. The SMILES string of the molecule is CC(C)(C)[Si](C)(C)OC(C=O)C1CCc2cc(F)ccc2O1. The second-order valence-electron chi connectivity index (χ2n) is 7.43. The van der Waals surface area contributed by atoms with E-state index >= 15 is 0 Å². The number of rotatable bonds is 4. The van der Waals surface area contributed by atoms with Gasteiger partial charge in [-0.2, -0.15) is 0 Å². The lowest BCUT2D eigenvalue weighted by Crippen LogP contribution is -2.49. The summed E-state index contributed by atoms with van der Waals surface area (Å²) in [6.07, 6.45) is 1.33. The van der Waals surface area contributed by atoms with Crippen molar-refractivity contribution in [2.75, 3.05) is 0 Å². The van der Waals surface area contributed by atoms with Crippen molar-refractivity contribution in [3.05, 3.63) is 29.6 Å². The van der Waals surface area contributed by atoms with Crippen LogP contribution in [0.25, 0.3) is 0 Å². The first-order valence-corrected chi connectivity index (χ1v) is 10.6. The van der Waals surface area contributed by atoms with Gasteiger partial charge in [0, 0.05) is 0 Å². The van der Waals surface area contributed by atoms with E-state index in [0.29, 0.717) is 18.6 Å². The number of halogens is 1. The van der Waals surface area contributed by atoms with Crippen molar-refractivity contribution in [1.29, 1.82) is 0 Å². The molecule has 0 spiro atoms. The van der Waals surface area contributed by atoms with Gasteiger partial charge < -0.3 is 14.0 Å². The summed E-state index contributed by atoms with van der Waals surface area (Å²) in [6.45, 7) is 10.7. The van der Waals surface area contributed by atoms with E-state index in [4.69, 9.17) is 9.16 Å². The normalized spacial score (nSPS) is 20.0. The number of hydrogen-bond acceptors (Lipinski definition) is 3. The molecule has 2 atom stereocenters. The molecule has 0 radical (unpaired) electrons. The molecule has 5 heteroatoms. The van der Waals surface area contributed by atoms with Crippen LogP contribution in [-0.4, -0.2) is 26.8 Å². The molecule has 0 amide bonds. The largest absolute Gasteiger partial charge is 0.487 e. The van der Waals surface area contributed by atoms with Gasteiger partial charge in [0.15, 0.2) is 14.6 Å². The molecule has 3 nitrogen and oxygen atoms in total. The van der Waals surface area contributed by atoms with Crippen LogP contribution in [0.15, 0.2) is 18.2 Å². The van der Waals surface area contributed by atoms with Gasteiger partial charge in [-0.25, -0.2) is 4.39 Å². The first kappa shape index (κ1) is 17.2. The number of carbonyl (C=O) groups is 1. The van der Waals surface area contributed by atoms with Crippen molar-refractivity contribution in [2.24, 2.45) is 0 Å². The lowest BCUT2D eigenvalue weighted by molar-refractivity contribution is -0.118. The number of ether oxygens (including phenoxy) is 1. The molecule has 1 aliphatic rings. The Hall–Kier alpha value is -1.20. The standard InChI is InChI=1S/C17H25FO3Si/c1-17(2,3)22(4,5)21-16(11-19)15-8-6-12-10-13(18)7-9-14(12)20-15/h7,9-11,15-16H,6,8H2,1-5H3. The van der Waals surface area contributed by atoms with Crippen LogP contribution in [0.2, 0.25) is 18.1 Å². The zero-order valence-electron chi connectivity index (χ0n) is 14.0. The monoisotopic (exact) mass is 324 g/mol. The highest BCUT2D eigenvalue weighted by Gasteiger charge is 2.41. The molecule has 0 aromatic heterocycles. The number of carbonyl (C=O) groups excluding carboxylic acids is 1. The average Bonchev–Trinajstić information content (AvgIpc) is 2.43. The number of aldehydes is 1. The van der Waals surface area contributed by atoms with Crippen molar-refractivity contribution < 1.29 is 18.3 Å². The summed E-state index contributed by atoms with van der Waals surface area (Å²) < 4.78 is 25.3. The molecule has 1 aliphatic heterocycles. The van der Waals surface area contributed by atoms with E-state index in [9.17, 15) is 9.18 Å². The molecule has 0 saturated carbocycles. The van der Waals surface area contributed by atoms with Gasteiger partial charge in [-0.1, -0.05) is 20.8 Å². The summed E-state index contributed by atoms with van der Waals surface area (Å²) in [5, 5.41) is 0.0317. The molecule has 1 heterocycles. The Bertz CT molecular complexity index is 551. The summed E-state index contributed by atoms with van der Waals surface area (Å²) >= 11 is 0. The third-order valence-electron chi connectivity index (χ3n) is 4.74. The Labute approximate surface area is 132 Å². The molecule has 0 saturated heterocycles. The molecular formula is C17H25FO3Si. The maximum Gasteiger partial charge on any atom is 0.193 e. The van der Waals surface area contributed by atoms with Gasteiger partial charge in [0.2, 0.25) is 0 Å². The first-order chi connectivity index (χ1) is 10.1. The second kappa shape index (κ2) is 6.12. The van der Waals surface area contributed by atoms with Gasteiger partial charge in [-0.05, 0) is 54.7 Å². The van der Waals surface area contributed by atoms with Crippen LogP contribution in [0.1, 0.15) is 32.8 Å². The number of aryl methyl sites for hydroxylation is 1. The molecule has 2 rings (SSSR count). The van der Waals surface area contributed by atoms with Crippen molar-refractivity contribution in [3.63, 3.8) is 0 Å². The Morgan fingerprint density at radius 3 is 2.68 bits per heavy atom. The molecule has 1 aromatic rings. The highest BCUT2D eigenvalue weighted by atomic mass is 28.4. The molecule has 2 unspecified atom stereocenters. The van der Waals surface area contributed by atoms with Gasteiger partial charge in [0.05, 0.1) is 0 Å². The van der Waals surface area contributed by atoms with E-state index in [0.717, 1.165) is 11.8 Å². The van der Waals surface area contributed by atoms with E-state index in [-0.39, 0.29) is 17.0 Å². The lowest BCUT2D eigenvalue weighted by atomic mass is 9.99. The quantitative estimate of drug-likeness (QED) is 0.617. The van der Waals surface area contributed by atoms with E-state index < -0.39 is 14.4 Å². The van der Waals surface area contributed by atoms with Gasteiger partial charge in [-0.3, -0.25) is 0 Å². The zero-order chi connectivity index (χ0) is 16.5. The van der Waals surface area contributed by atoms with Crippen LogP contribution < -0.4 is 4.74 Å². The van der Waals surface area contributed by atoms with Crippen molar-refractivity contribution in [1.82, 2.24) is 0 Å². The molecule has 0 N–H and O–H groups in total. The van der Waals surface area contributed by atoms with Gasteiger partial charge in [0.25, 0.3) is 0 Å². The van der Waals surface area contributed by atoms with Crippen LogP contribution in [0.3, 0.4) is 0 Å². The van der Waals surface area contributed by atoms with Crippen LogP contribution >= 0.6 is 0 Å². The van der Waals surface area contributed by atoms with Crippen molar-refractivity contribution >= 4 is 14.6 Å². The molecule has 122 valence electrons.